The highest BCUT2D eigenvalue weighted by Crippen LogP contribution is 2.46. The lowest BCUT2D eigenvalue weighted by Crippen LogP contribution is -2.61. The van der Waals surface area contributed by atoms with Crippen LogP contribution in [0.25, 0.3) is 0 Å². The summed E-state index contributed by atoms with van der Waals surface area (Å²) < 4.78 is 17.4. The van der Waals surface area contributed by atoms with E-state index in [0.717, 1.165) is 19.8 Å². The first-order valence-corrected chi connectivity index (χ1v) is 5.64. The third kappa shape index (κ3) is 1.23. The fourth-order valence-corrected chi connectivity index (χ4v) is 2.71. The van der Waals surface area contributed by atoms with Crippen LogP contribution >= 0.6 is 0 Å². The molecule has 0 aromatic heterocycles. The molecule has 0 amide bonds. The second-order valence-corrected chi connectivity index (χ2v) is 5.26. The van der Waals surface area contributed by atoms with E-state index in [1.54, 1.807) is 0 Å². The highest BCUT2D eigenvalue weighted by atomic mass is 16.9. The average Bonchev–Trinajstić information content (AvgIpc) is 2.73. The number of ether oxygens (including phenoxy) is 3. The van der Waals surface area contributed by atoms with Crippen molar-refractivity contribution in [2.45, 2.75) is 38.6 Å². The zero-order valence-corrected chi connectivity index (χ0v) is 8.75. The minimum Gasteiger partial charge on any atom is -0.326 e. The van der Waals surface area contributed by atoms with E-state index in [1.165, 1.54) is 25.7 Å². The first-order valence-electron chi connectivity index (χ1n) is 5.64. The van der Waals surface area contributed by atoms with Gasteiger partial charge in [0.15, 0.2) is 0 Å². The first-order chi connectivity index (χ1) is 6.73. The van der Waals surface area contributed by atoms with E-state index in [9.17, 15) is 0 Å². The van der Waals surface area contributed by atoms with Gasteiger partial charge in [0.25, 0.3) is 5.97 Å². The lowest BCUT2D eigenvalue weighted by molar-refractivity contribution is -0.483. The fourth-order valence-electron chi connectivity index (χ4n) is 2.71. The number of rotatable bonds is 1. The van der Waals surface area contributed by atoms with Crippen LogP contribution in [0.3, 0.4) is 0 Å². The molecule has 0 aromatic carbocycles. The quantitative estimate of drug-likeness (QED) is 0.644. The molecule has 3 saturated heterocycles. The van der Waals surface area contributed by atoms with E-state index in [2.05, 4.69) is 6.92 Å². The Morgan fingerprint density at radius 1 is 0.929 bits per heavy atom. The van der Waals surface area contributed by atoms with Crippen molar-refractivity contribution >= 4 is 0 Å². The molecule has 3 nitrogen and oxygen atoms in total. The molecule has 4 aliphatic rings. The van der Waals surface area contributed by atoms with Gasteiger partial charge in [-0.05, 0) is 12.8 Å². The minimum atomic E-state index is -0.658. The SMILES string of the molecule is CC12COC(C3CCCC3)(OC1)OC2. The van der Waals surface area contributed by atoms with Crippen molar-refractivity contribution in [1.82, 2.24) is 0 Å². The van der Waals surface area contributed by atoms with Gasteiger partial charge in [-0.1, -0.05) is 19.8 Å². The van der Waals surface area contributed by atoms with Crippen molar-refractivity contribution < 1.29 is 14.2 Å². The van der Waals surface area contributed by atoms with Gasteiger partial charge >= 0.3 is 0 Å². The molecular formula is C11H18O3. The molecule has 14 heavy (non-hydrogen) atoms. The Kier molecular flexibility index (Phi) is 1.92. The lowest BCUT2D eigenvalue weighted by Gasteiger charge is -2.52. The molecule has 1 aliphatic carbocycles. The van der Waals surface area contributed by atoms with Crippen LogP contribution in [-0.2, 0) is 14.2 Å². The molecule has 80 valence electrons. The maximum atomic E-state index is 5.81. The molecule has 3 aliphatic heterocycles. The van der Waals surface area contributed by atoms with Crippen LogP contribution in [0.5, 0.6) is 0 Å². The molecule has 1 saturated carbocycles. The van der Waals surface area contributed by atoms with Crippen LogP contribution in [0.1, 0.15) is 32.6 Å². The summed E-state index contributed by atoms with van der Waals surface area (Å²) in [5.41, 5.74) is 0.0976. The molecule has 0 unspecified atom stereocenters. The summed E-state index contributed by atoms with van der Waals surface area (Å²) in [4.78, 5) is 0. The average molecular weight is 198 g/mol. The summed E-state index contributed by atoms with van der Waals surface area (Å²) in [5.74, 6) is -0.193. The predicted octanol–water partition coefficient (Wildman–Crippen LogP) is 1.91. The van der Waals surface area contributed by atoms with Gasteiger partial charge in [-0.15, -0.1) is 0 Å². The van der Waals surface area contributed by atoms with Crippen LogP contribution in [0, 0.1) is 11.3 Å². The smallest absolute Gasteiger partial charge is 0.285 e. The molecule has 2 bridgehead atoms. The Bertz CT molecular complexity index is 208. The number of hydrogen-bond acceptors (Lipinski definition) is 3. The van der Waals surface area contributed by atoms with E-state index < -0.39 is 5.97 Å². The highest BCUT2D eigenvalue weighted by molar-refractivity contribution is 4.89. The Morgan fingerprint density at radius 3 is 1.93 bits per heavy atom. The topological polar surface area (TPSA) is 27.7 Å². The van der Waals surface area contributed by atoms with Gasteiger partial charge in [-0.25, -0.2) is 0 Å². The summed E-state index contributed by atoms with van der Waals surface area (Å²) in [7, 11) is 0. The Labute approximate surface area is 84.7 Å². The van der Waals surface area contributed by atoms with Gasteiger partial charge in [-0.3, -0.25) is 0 Å². The minimum absolute atomic E-state index is 0.0976. The van der Waals surface area contributed by atoms with Crippen molar-refractivity contribution in [3.05, 3.63) is 0 Å². The molecule has 3 heteroatoms. The summed E-state index contributed by atoms with van der Waals surface area (Å²) in [6.45, 7) is 4.54. The molecule has 0 spiro atoms. The lowest BCUT2D eigenvalue weighted by atomic mass is 9.90. The molecular weight excluding hydrogens is 180 g/mol. The van der Waals surface area contributed by atoms with E-state index >= 15 is 0 Å². The predicted molar refractivity (Wildman–Crippen MR) is 50.7 cm³/mol. The fraction of sp³-hybridized carbons (Fsp3) is 1.00. The number of hydrogen-bond donors (Lipinski definition) is 0. The first kappa shape index (κ1) is 9.13. The monoisotopic (exact) mass is 198 g/mol. The van der Waals surface area contributed by atoms with Crippen LogP contribution < -0.4 is 0 Å². The van der Waals surface area contributed by atoms with Crippen LogP contribution in [0.2, 0.25) is 0 Å². The Balaban J connectivity index is 1.78. The van der Waals surface area contributed by atoms with Gasteiger partial charge in [0.05, 0.1) is 19.8 Å². The third-order valence-electron chi connectivity index (χ3n) is 3.72. The van der Waals surface area contributed by atoms with E-state index in [0.29, 0.717) is 5.92 Å². The highest BCUT2D eigenvalue weighted by Gasteiger charge is 2.54. The maximum Gasteiger partial charge on any atom is 0.285 e. The van der Waals surface area contributed by atoms with Crippen LogP contribution in [0.15, 0.2) is 0 Å². The Hall–Kier alpha value is -0.120. The molecule has 0 aromatic rings. The van der Waals surface area contributed by atoms with Crippen molar-refractivity contribution in [2.75, 3.05) is 19.8 Å². The van der Waals surface area contributed by atoms with Gasteiger partial charge < -0.3 is 14.2 Å². The van der Waals surface area contributed by atoms with Gasteiger partial charge in [0.2, 0.25) is 0 Å². The maximum absolute atomic E-state index is 5.81. The van der Waals surface area contributed by atoms with Gasteiger partial charge in [0, 0.05) is 11.3 Å². The largest absolute Gasteiger partial charge is 0.326 e. The third-order valence-corrected chi connectivity index (χ3v) is 3.72. The second kappa shape index (κ2) is 2.94. The molecule has 3 heterocycles. The van der Waals surface area contributed by atoms with Crippen molar-refractivity contribution in [2.24, 2.45) is 11.3 Å². The van der Waals surface area contributed by atoms with Crippen molar-refractivity contribution in [1.29, 1.82) is 0 Å². The summed E-state index contributed by atoms with van der Waals surface area (Å²) >= 11 is 0. The molecule has 4 rings (SSSR count). The second-order valence-electron chi connectivity index (χ2n) is 5.26. The summed E-state index contributed by atoms with van der Waals surface area (Å²) in [5, 5.41) is 0. The van der Waals surface area contributed by atoms with Gasteiger partial charge in [-0.2, -0.15) is 0 Å². The van der Waals surface area contributed by atoms with E-state index in [-0.39, 0.29) is 5.41 Å². The zero-order valence-electron chi connectivity index (χ0n) is 8.75. The van der Waals surface area contributed by atoms with Gasteiger partial charge in [0.1, 0.15) is 0 Å². The van der Waals surface area contributed by atoms with E-state index in [1.807, 2.05) is 0 Å². The molecule has 0 atom stereocenters. The Morgan fingerprint density at radius 2 is 1.43 bits per heavy atom. The van der Waals surface area contributed by atoms with Crippen molar-refractivity contribution in [3.63, 3.8) is 0 Å². The molecule has 4 fully saturated rings. The molecule has 0 radical (unpaired) electrons. The van der Waals surface area contributed by atoms with Crippen LogP contribution in [-0.4, -0.2) is 25.8 Å². The zero-order chi connectivity index (χ0) is 9.65. The van der Waals surface area contributed by atoms with Crippen LogP contribution in [0.4, 0.5) is 0 Å². The molecule has 0 N–H and O–H groups in total. The summed E-state index contributed by atoms with van der Waals surface area (Å²) in [6, 6.07) is 0. The normalized spacial score (nSPS) is 48.6. The van der Waals surface area contributed by atoms with Crippen molar-refractivity contribution in [3.8, 4) is 0 Å². The number of fused-ring (bicyclic) bond motifs is 3. The summed E-state index contributed by atoms with van der Waals surface area (Å²) in [6.07, 6.45) is 4.97. The standard InChI is InChI=1S/C11H18O3/c1-10-6-12-11(13-7-10,14-8-10)9-4-2-3-5-9/h9H,2-8H2,1H3. The van der Waals surface area contributed by atoms with E-state index in [4.69, 9.17) is 14.2 Å².